The van der Waals surface area contributed by atoms with Crippen molar-refractivity contribution in [1.82, 2.24) is 20.0 Å². The van der Waals surface area contributed by atoms with E-state index in [0.29, 0.717) is 36.5 Å². The highest BCUT2D eigenvalue weighted by Gasteiger charge is 2.26. The van der Waals surface area contributed by atoms with Gasteiger partial charge in [0.2, 0.25) is 0 Å². The molecule has 1 fully saturated rings. The van der Waals surface area contributed by atoms with Crippen molar-refractivity contribution in [3.8, 4) is 10.6 Å². The summed E-state index contributed by atoms with van der Waals surface area (Å²) in [6.07, 6.45) is 3.30. The molecule has 0 saturated carbocycles. The third kappa shape index (κ3) is 4.94. The number of likely N-dealkylation sites (tertiary alicyclic amines) is 1. The maximum atomic E-state index is 13.3. The van der Waals surface area contributed by atoms with E-state index in [1.165, 1.54) is 0 Å². The molecule has 0 aliphatic carbocycles. The molecule has 1 N–H and O–H groups in total. The number of hydrogen-bond donors (Lipinski definition) is 1. The average molecular weight is 471 g/mol. The van der Waals surface area contributed by atoms with Gasteiger partial charge in [-0.3, -0.25) is 14.3 Å². The summed E-state index contributed by atoms with van der Waals surface area (Å²) in [5.74, 6) is -0.0666. The molecule has 0 radical (unpaired) electrons. The molecule has 7 heteroatoms. The Labute approximate surface area is 202 Å². The maximum absolute atomic E-state index is 13.3. The summed E-state index contributed by atoms with van der Waals surface area (Å²) in [7, 11) is 0. The topological polar surface area (TPSA) is 67.2 Å². The molecule has 1 saturated heterocycles. The van der Waals surface area contributed by atoms with Gasteiger partial charge >= 0.3 is 0 Å². The Morgan fingerprint density at radius 1 is 0.941 bits per heavy atom. The monoisotopic (exact) mass is 470 g/mol. The first-order chi connectivity index (χ1) is 16.7. The maximum Gasteiger partial charge on any atom is 0.255 e. The number of carbonyl (C=O) groups is 2. The van der Waals surface area contributed by atoms with E-state index >= 15 is 0 Å². The molecule has 5 rings (SSSR count). The third-order valence-corrected chi connectivity index (χ3v) is 6.96. The molecular formula is C27H26N4O2S. The zero-order chi connectivity index (χ0) is 23.3. The van der Waals surface area contributed by atoms with Gasteiger partial charge in [-0.1, -0.05) is 54.6 Å². The first kappa shape index (κ1) is 22.1. The summed E-state index contributed by atoms with van der Waals surface area (Å²) < 4.78 is 1.83. The lowest BCUT2D eigenvalue weighted by Gasteiger charge is -2.32. The SMILES string of the molecule is O=C(NC1CCN(C(=O)c2ccccc2)CC1)c1cn(Cc2ccccc2)nc1-c1cccs1. The van der Waals surface area contributed by atoms with E-state index in [9.17, 15) is 9.59 Å². The lowest BCUT2D eigenvalue weighted by molar-refractivity contribution is 0.0698. The van der Waals surface area contributed by atoms with Gasteiger partial charge in [-0.2, -0.15) is 5.10 Å². The van der Waals surface area contributed by atoms with Crippen LogP contribution in [0.5, 0.6) is 0 Å². The normalized spacial score (nSPS) is 14.2. The highest BCUT2D eigenvalue weighted by molar-refractivity contribution is 7.13. The number of thiophene rings is 1. The van der Waals surface area contributed by atoms with E-state index in [2.05, 4.69) is 17.4 Å². The second-order valence-corrected chi connectivity index (χ2v) is 9.41. The third-order valence-electron chi connectivity index (χ3n) is 6.09. The number of amides is 2. The minimum absolute atomic E-state index is 0.0287. The van der Waals surface area contributed by atoms with E-state index < -0.39 is 0 Å². The molecule has 34 heavy (non-hydrogen) atoms. The molecule has 2 amide bonds. The molecule has 2 aromatic carbocycles. The highest BCUT2D eigenvalue weighted by Crippen LogP contribution is 2.27. The summed E-state index contributed by atoms with van der Waals surface area (Å²) >= 11 is 1.57. The Kier molecular flexibility index (Phi) is 6.53. The van der Waals surface area contributed by atoms with Gasteiger partial charge in [-0.05, 0) is 42.0 Å². The van der Waals surface area contributed by atoms with Gasteiger partial charge in [-0.25, -0.2) is 0 Å². The van der Waals surface area contributed by atoms with Crippen molar-refractivity contribution in [2.45, 2.75) is 25.4 Å². The fourth-order valence-electron chi connectivity index (χ4n) is 4.29. The largest absolute Gasteiger partial charge is 0.349 e. The summed E-state index contributed by atoms with van der Waals surface area (Å²) in [5.41, 5.74) is 3.13. The van der Waals surface area contributed by atoms with Gasteiger partial charge in [0, 0.05) is 30.9 Å². The van der Waals surface area contributed by atoms with E-state index in [1.54, 1.807) is 11.3 Å². The second kappa shape index (κ2) is 10.1. The molecule has 6 nitrogen and oxygen atoms in total. The van der Waals surface area contributed by atoms with Crippen molar-refractivity contribution in [1.29, 1.82) is 0 Å². The number of rotatable bonds is 6. The van der Waals surface area contributed by atoms with Crippen molar-refractivity contribution in [2.24, 2.45) is 0 Å². The van der Waals surface area contributed by atoms with Gasteiger partial charge in [0.05, 0.1) is 17.0 Å². The molecule has 2 aromatic heterocycles. The van der Waals surface area contributed by atoms with Crippen LogP contribution in [0.2, 0.25) is 0 Å². The van der Waals surface area contributed by atoms with Gasteiger partial charge in [0.1, 0.15) is 5.69 Å². The van der Waals surface area contributed by atoms with E-state index in [0.717, 1.165) is 23.3 Å². The van der Waals surface area contributed by atoms with Crippen molar-refractivity contribution in [3.05, 3.63) is 101 Å². The summed E-state index contributed by atoms with van der Waals surface area (Å²) in [4.78, 5) is 28.8. The van der Waals surface area contributed by atoms with Gasteiger partial charge in [0.15, 0.2) is 0 Å². The zero-order valence-electron chi connectivity index (χ0n) is 18.8. The molecule has 1 aliphatic rings. The summed E-state index contributed by atoms with van der Waals surface area (Å²) in [6, 6.07) is 23.4. The molecule has 0 atom stereocenters. The molecule has 0 bridgehead atoms. The Balaban J connectivity index is 1.27. The molecule has 3 heterocycles. The summed E-state index contributed by atoms with van der Waals surface area (Å²) in [6.45, 7) is 1.86. The Morgan fingerprint density at radius 3 is 2.32 bits per heavy atom. The molecule has 0 spiro atoms. The average Bonchev–Trinajstić information content (AvgIpc) is 3.56. The van der Waals surface area contributed by atoms with Crippen LogP contribution in [-0.2, 0) is 6.54 Å². The van der Waals surface area contributed by atoms with Crippen LogP contribution in [0, 0.1) is 0 Å². The minimum Gasteiger partial charge on any atom is -0.349 e. The van der Waals surface area contributed by atoms with E-state index in [1.807, 2.05) is 81.8 Å². The number of nitrogens with zero attached hydrogens (tertiary/aromatic N) is 3. The molecule has 4 aromatic rings. The van der Waals surface area contributed by atoms with Crippen LogP contribution in [0.25, 0.3) is 10.6 Å². The number of hydrogen-bond acceptors (Lipinski definition) is 4. The van der Waals surface area contributed by atoms with Crippen LogP contribution in [0.15, 0.2) is 84.4 Å². The van der Waals surface area contributed by atoms with Crippen LogP contribution in [0.4, 0.5) is 0 Å². The molecule has 0 unspecified atom stereocenters. The number of nitrogens with one attached hydrogen (secondary N) is 1. The second-order valence-electron chi connectivity index (χ2n) is 8.46. The van der Waals surface area contributed by atoms with E-state index in [4.69, 9.17) is 5.10 Å². The van der Waals surface area contributed by atoms with Gasteiger partial charge < -0.3 is 10.2 Å². The predicted molar refractivity (Wildman–Crippen MR) is 134 cm³/mol. The highest BCUT2D eigenvalue weighted by atomic mass is 32.1. The lowest BCUT2D eigenvalue weighted by Crippen LogP contribution is -2.46. The van der Waals surface area contributed by atoms with Gasteiger partial charge in [0.25, 0.3) is 11.8 Å². The van der Waals surface area contributed by atoms with Crippen molar-refractivity contribution >= 4 is 23.2 Å². The fraction of sp³-hybridized carbons (Fsp3) is 0.222. The zero-order valence-corrected chi connectivity index (χ0v) is 19.6. The molecule has 1 aliphatic heterocycles. The quantitative estimate of drug-likeness (QED) is 0.444. The molecule has 172 valence electrons. The fourth-order valence-corrected chi connectivity index (χ4v) is 5.01. The number of aromatic nitrogens is 2. The first-order valence-corrected chi connectivity index (χ1v) is 12.4. The molecular weight excluding hydrogens is 444 g/mol. The smallest absolute Gasteiger partial charge is 0.255 e. The summed E-state index contributed by atoms with van der Waals surface area (Å²) in [5, 5.41) is 9.93. The van der Waals surface area contributed by atoms with Crippen molar-refractivity contribution in [2.75, 3.05) is 13.1 Å². The predicted octanol–water partition coefficient (Wildman–Crippen LogP) is 4.69. The minimum atomic E-state index is -0.115. The van der Waals surface area contributed by atoms with Crippen LogP contribution >= 0.6 is 11.3 Å². The van der Waals surface area contributed by atoms with Gasteiger partial charge in [-0.15, -0.1) is 11.3 Å². The van der Waals surface area contributed by atoms with Crippen molar-refractivity contribution < 1.29 is 9.59 Å². The van der Waals surface area contributed by atoms with Crippen molar-refractivity contribution in [3.63, 3.8) is 0 Å². The van der Waals surface area contributed by atoms with Crippen LogP contribution in [0.1, 0.15) is 39.1 Å². The number of piperidine rings is 1. The standard InChI is InChI=1S/C27H26N4O2S/c32-26(28-22-13-15-30(16-14-22)27(33)21-10-5-2-6-11-21)23-19-31(18-20-8-3-1-4-9-20)29-25(23)24-12-7-17-34-24/h1-12,17,19,22H,13-16,18H2,(H,28,32). The number of benzene rings is 2. The number of carbonyl (C=O) groups excluding carboxylic acids is 2. The van der Waals surface area contributed by atoms with E-state index in [-0.39, 0.29) is 17.9 Å². The Bertz CT molecular complexity index is 1240. The Morgan fingerprint density at radius 2 is 1.65 bits per heavy atom. The van der Waals surface area contributed by atoms with Crippen LogP contribution in [0.3, 0.4) is 0 Å². The lowest BCUT2D eigenvalue weighted by atomic mass is 10.0. The first-order valence-electron chi connectivity index (χ1n) is 11.5. The Hall–Kier alpha value is -3.71. The van der Waals surface area contributed by atoms with Crippen LogP contribution < -0.4 is 5.32 Å². The van der Waals surface area contributed by atoms with Crippen LogP contribution in [-0.4, -0.2) is 45.6 Å².